The highest BCUT2D eigenvalue weighted by Gasteiger charge is 2.30. The van der Waals surface area contributed by atoms with Gasteiger partial charge in [0.25, 0.3) is 0 Å². The van der Waals surface area contributed by atoms with Gasteiger partial charge in [-0.3, -0.25) is 0 Å². The monoisotopic (exact) mass is 444 g/mol. The van der Waals surface area contributed by atoms with Crippen molar-refractivity contribution in [1.82, 2.24) is 9.38 Å². The van der Waals surface area contributed by atoms with Crippen molar-refractivity contribution in [3.63, 3.8) is 0 Å². The number of pyridine rings is 1. The molecule has 32 heavy (non-hydrogen) atoms. The standard InChI is InChI=1S/C24H24F4N4/c1-2-4-19-18(5-3-6-21(19)25)16-7-10-31(11-8-16)22-9-12-32-17(13-24(26,27)28)15-30-23(32)20(22)14-29/h3,5-6,9,12,15-16H,2,4,7-8,10-11,13H2,1H3. The highest BCUT2D eigenvalue weighted by atomic mass is 19.4. The van der Waals surface area contributed by atoms with Crippen LogP contribution in [0.2, 0.25) is 0 Å². The van der Waals surface area contributed by atoms with Gasteiger partial charge in [-0.25, -0.2) is 9.37 Å². The van der Waals surface area contributed by atoms with E-state index in [0.717, 1.165) is 30.4 Å². The van der Waals surface area contributed by atoms with Crippen LogP contribution in [0.1, 0.15) is 54.5 Å². The highest BCUT2D eigenvalue weighted by Crippen LogP contribution is 2.35. The fourth-order valence-corrected chi connectivity index (χ4v) is 4.70. The molecule has 0 N–H and O–H groups in total. The first-order chi connectivity index (χ1) is 15.3. The number of rotatable bonds is 5. The van der Waals surface area contributed by atoms with Gasteiger partial charge in [-0.05, 0) is 48.4 Å². The zero-order valence-corrected chi connectivity index (χ0v) is 17.8. The van der Waals surface area contributed by atoms with Crippen molar-refractivity contribution in [2.45, 2.75) is 51.1 Å². The van der Waals surface area contributed by atoms with Crippen LogP contribution in [0.15, 0.2) is 36.7 Å². The van der Waals surface area contributed by atoms with Gasteiger partial charge in [0.1, 0.15) is 17.4 Å². The summed E-state index contributed by atoms with van der Waals surface area (Å²) in [6.45, 7) is 3.38. The van der Waals surface area contributed by atoms with Gasteiger partial charge in [-0.15, -0.1) is 0 Å². The van der Waals surface area contributed by atoms with E-state index in [1.165, 1.54) is 16.7 Å². The van der Waals surface area contributed by atoms with Crippen molar-refractivity contribution in [1.29, 1.82) is 5.26 Å². The first-order valence-electron chi connectivity index (χ1n) is 10.8. The van der Waals surface area contributed by atoms with Crippen LogP contribution in [0.5, 0.6) is 0 Å². The molecular formula is C24H24F4N4. The van der Waals surface area contributed by atoms with Crippen LogP contribution in [0, 0.1) is 17.1 Å². The average molecular weight is 444 g/mol. The molecule has 0 spiro atoms. The molecule has 0 unspecified atom stereocenters. The summed E-state index contributed by atoms with van der Waals surface area (Å²) in [4.78, 5) is 6.18. The maximum atomic E-state index is 14.4. The second-order valence-corrected chi connectivity index (χ2v) is 8.24. The molecular weight excluding hydrogens is 420 g/mol. The third-order valence-corrected chi connectivity index (χ3v) is 6.16. The van der Waals surface area contributed by atoms with Crippen LogP contribution in [0.25, 0.3) is 5.65 Å². The van der Waals surface area contributed by atoms with Gasteiger partial charge in [0, 0.05) is 25.5 Å². The molecule has 1 aliphatic heterocycles. The van der Waals surface area contributed by atoms with E-state index in [4.69, 9.17) is 0 Å². The lowest BCUT2D eigenvalue weighted by Gasteiger charge is -2.35. The van der Waals surface area contributed by atoms with Crippen LogP contribution >= 0.6 is 0 Å². The number of nitrogens with zero attached hydrogens (tertiary/aromatic N) is 4. The third-order valence-electron chi connectivity index (χ3n) is 6.16. The largest absolute Gasteiger partial charge is 0.394 e. The number of piperidine rings is 1. The van der Waals surface area contributed by atoms with E-state index < -0.39 is 12.6 Å². The molecule has 168 valence electrons. The minimum Gasteiger partial charge on any atom is -0.370 e. The minimum absolute atomic E-state index is 0.00353. The third kappa shape index (κ3) is 4.29. The van der Waals surface area contributed by atoms with Crippen molar-refractivity contribution < 1.29 is 17.6 Å². The Morgan fingerprint density at radius 1 is 1.19 bits per heavy atom. The normalized spacial score (nSPS) is 15.3. The van der Waals surface area contributed by atoms with Gasteiger partial charge in [-0.2, -0.15) is 18.4 Å². The average Bonchev–Trinajstić information content (AvgIpc) is 3.16. The molecule has 1 aromatic carbocycles. The lowest BCUT2D eigenvalue weighted by atomic mass is 9.85. The smallest absolute Gasteiger partial charge is 0.370 e. The Kier molecular flexibility index (Phi) is 6.09. The molecule has 0 aliphatic carbocycles. The van der Waals surface area contributed by atoms with Gasteiger partial charge >= 0.3 is 6.18 Å². The van der Waals surface area contributed by atoms with Crippen LogP contribution in [0.4, 0.5) is 23.2 Å². The molecule has 0 atom stereocenters. The van der Waals surface area contributed by atoms with E-state index in [-0.39, 0.29) is 28.6 Å². The van der Waals surface area contributed by atoms with Gasteiger partial charge in [0.05, 0.1) is 17.8 Å². The fourth-order valence-electron chi connectivity index (χ4n) is 4.70. The number of anilines is 1. The summed E-state index contributed by atoms with van der Waals surface area (Å²) in [7, 11) is 0. The molecule has 4 nitrogen and oxygen atoms in total. The second-order valence-electron chi connectivity index (χ2n) is 8.24. The lowest BCUT2D eigenvalue weighted by Crippen LogP contribution is -2.34. The molecule has 0 radical (unpaired) electrons. The molecule has 0 amide bonds. The highest BCUT2D eigenvalue weighted by molar-refractivity contribution is 5.71. The number of nitriles is 1. The predicted molar refractivity (Wildman–Crippen MR) is 114 cm³/mol. The molecule has 1 fully saturated rings. The van der Waals surface area contributed by atoms with Crippen LogP contribution in [0.3, 0.4) is 0 Å². The number of imidazole rings is 1. The van der Waals surface area contributed by atoms with Gasteiger partial charge in [-0.1, -0.05) is 25.5 Å². The first kappa shape index (κ1) is 22.1. The number of benzene rings is 1. The quantitative estimate of drug-likeness (QED) is 0.468. The first-order valence-corrected chi connectivity index (χ1v) is 10.8. The summed E-state index contributed by atoms with van der Waals surface area (Å²) < 4.78 is 54.2. The predicted octanol–water partition coefficient (Wildman–Crippen LogP) is 5.79. The summed E-state index contributed by atoms with van der Waals surface area (Å²) >= 11 is 0. The number of hydrogen-bond donors (Lipinski definition) is 0. The molecule has 2 aromatic heterocycles. The molecule has 8 heteroatoms. The Labute approximate surface area is 184 Å². The number of hydrogen-bond acceptors (Lipinski definition) is 3. The summed E-state index contributed by atoms with van der Waals surface area (Å²) in [5, 5.41) is 9.75. The zero-order chi connectivity index (χ0) is 22.9. The fraction of sp³-hybridized carbons (Fsp3) is 0.417. The van der Waals surface area contributed by atoms with Crippen LogP contribution in [-0.2, 0) is 12.8 Å². The van der Waals surface area contributed by atoms with Gasteiger partial charge in [0.2, 0.25) is 0 Å². The maximum absolute atomic E-state index is 14.4. The summed E-state index contributed by atoms with van der Waals surface area (Å²) in [6.07, 6.45) is 0.482. The van der Waals surface area contributed by atoms with E-state index in [1.54, 1.807) is 18.3 Å². The summed E-state index contributed by atoms with van der Waals surface area (Å²) in [6, 6.07) is 9.10. The molecule has 3 heterocycles. The van der Waals surface area contributed by atoms with E-state index in [1.807, 2.05) is 13.0 Å². The van der Waals surface area contributed by atoms with Gasteiger partial charge < -0.3 is 9.30 Å². The number of aromatic nitrogens is 2. The molecule has 0 saturated carbocycles. The minimum atomic E-state index is -4.35. The Morgan fingerprint density at radius 2 is 1.94 bits per heavy atom. The maximum Gasteiger partial charge on any atom is 0.394 e. The Balaban J connectivity index is 1.57. The second kappa shape index (κ2) is 8.81. The molecule has 0 bridgehead atoms. The molecule has 1 saturated heterocycles. The van der Waals surface area contributed by atoms with E-state index in [2.05, 4.69) is 16.0 Å². The SMILES string of the molecule is CCCc1c(F)cccc1C1CCN(c2ccn3c(CC(F)(F)F)cnc3c2C#N)CC1. The van der Waals surface area contributed by atoms with Crippen molar-refractivity contribution in [2.75, 3.05) is 18.0 Å². The van der Waals surface area contributed by atoms with Gasteiger partial charge in [0.15, 0.2) is 5.65 Å². The number of alkyl halides is 3. The molecule has 4 rings (SSSR count). The molecule has 3 aromatic rings. The Bertz CT molecular complexity index is 1150. The topological polar surface area (TPSA) is 44.3 Å². The summed E-state index contributed by atoms with van der Waals surface area (Å²) in [5.74, 6) is 0.0838. The van der Waals surface area contributed by atoms with Crippen molar-refractivity contribution >= 4 is 11.3 Å². The van der Waals surface area contributed by atoms with Crippen molar-refractivity contribution in [2.24, 2.45) is 0 Å². The van der Waals surface area contributed by atoms with Crippen LogP contribution < -0.4 is 4.90 Å². The van der Waals surface area contributed by atoms with E-state index >= 15 is 0 Å². The Hall–Kier alpha value is -3.08. The zero-order valence-electron chi connectivity index (χ0n) is 17.8. The van der Waals surface area contributed by atoms with E-state index in [9.17, 15) is 22.8 Å². The van der Waals surface area contributed by atoms with E-state index in [0.29, 0.717) is 25.2 Å². The lowest BCUT2D eigenvalue weighted by molar-refractivity contribution is -0.127. The van der Waals surface area contributed by atoms with Crippen molar-refractivity contribution in [3.05, 3.63) is 64.9 Å². The Morgan fingerprint density at radius 3 is 2.59 bits per heavy atom. The van der Waals surface area contributed by atoms with Crippen LogP contribution in [-0.4, -0.2) is 28.7 Å². The number of halogens is 4. The number of fused-ring (bicyclic) bond motifs is 1. The summed E-state index contributed by atoms with van der Waals surface area (Å²) in [5.41, 5.74) is 3.05. The molecule has 1 aliphatic rings. The van der Waals surface area contributed by atoms with Crippen molar-refractivity contribution in [3.8, 4) is 6.07 Å².